The van der Waals surface area contributed by atoms with E-state index >= 15 is 0 Å². The van der Waals surface area contributed by atoms with Crippen LogP contribution in [0.1, 0.15) is 22.0 Å². The maximum Gasteiger partial charge on any atom is 0.255 e. The lowest BCUT2D eigenvalue weighted by Gasteiger charge is -2.39. The fourth-order valence-electron chi connectivity index (χ4n) is 2.82. The molecule has 1 atom stereocenters. The number of aromatic amines is 1. The average molecular weight is 297 g/mol. The Labute approximate surface area is 129 Å². The third-order valence-electron chi connectivity index (χ3n) is 4.15. The highest BCUT2D eigenvalue weighted by atomic mass is 16.2. The second-order valence-corrected chi connectivity index (χ2v) is 5.60. The minimum Gasteiger partial charge on any atom is -0.335 e. The normalized spacial score (nSPS) is 19.1. The summed E-state index contributed by atoms with van der Waals surface area (Å²) < 4.78 is 0. The first-order valence-corrected chi connectivity index (χ1v) is 7.38. The number of nitrogens with zero attached hydrogens (tertiary/aromatic N) is 2. The van der Waals surface area contributed by atoms with Crippen molar-refractivity contribution in [1.29, 1.82) is 0 Å². The number of aromatic nitrogens is 1. The van der Waals surface area contributed by atoms with Crippen molar-refractivity contribution in [2.24, 2.45) is 0 Å². The van der Waals surface area contributed by atoms with E-state index in [1.54, 1.807) is 6.07 Å². The summed E-state index contributed by atoms with van der Waals surface area (Å²) in [7, 11) is 2.08. The second-order valence-electron chi connectivity index (χ2n) is 5.60. The number of piperazine rings is 1. The van der Waals surface area contributed by atoms with E-state index in [9.17, 15) is 9.59 Å². The molecule has 0 spiro atoms. The van der Waals surface area contributed by atoms with E-state index < -0.39 is 0 Å². The van der Waals surface area contributed by atoms with Crippen molar-refractivity contribution >= 4 is 5.91 Å². The summed E-state index contributed by atoms with van der Waals surface area (Å²) in [5.41, 5.74) is 1.54. The molecule has 0 bridgehead atoms. The van der Waals surface area contributed by atoms with Crippen LogP contribution in [0.2, 0.25) is 0 Å². The molecule has 5 nitrogen and oxygen atoms in total. The molecule has 1 amide bonds. The summed E-state index contributed by atoms with van der Waals surface area (Å²) in [5.74, 6) is -0.0368. The quantitative estimate of drug-likeness (QED) is 0.914. The van der Waals surface area contributed by atoms with Gasteiger partial charge in [0.1, 0.15) is 0 Å². The Kier molecular flexibility index (Phi) is 4.06. The Morgan fingerprint density at radius 2 is 1.91 bits per heavy atom. The Morgan fingerprint density at radius 3 is 2.59 bits per heavy atom. The van der Waals surface area contributed by atoms with Crippen LogP contribution in [-0.2, 0) is 0 Å². The summed E-state index contributed by atoms with van der Waals surface area (Å²) in [4.78, 5) is 30.4. The van der Waals surface area contributed by atoms with Gasteiger partial charge >= 0.3 is 0 Å². The van der Waals surface area contributed by atoms with Crippen LogP contribution < -0.4 is 5.56 Å². The van der Waals surface area contributed by atoms with Gasteiger partial charge < -0.3 is 9.88 Å². The molecule has 5 heteroatoms. The van der Waals surface area contributed by atoms with Gasteiger partial charge in [0, 0.05) is 31.9 Å². The highest BCUT2D eigenvalue weighted by Crippen LogP contribution is 2.24. The number of hydrogen-bond donors (Lipinski definition) is 1. The van der Waals surface area contributed by atoms with Gasteiger partial charge in [-0.05, 0) is 18.7 Å². The lowest BCUT2D eigenvalue weighted by Crippen LogP contribution is -2.49. The number of H-pyrrole nitrogens is 1. The Morgan fingerprint density at radius 1 is 1.14 bits per heavy atom. The molecule has 1 aliphatic rings. The van der Waals surface area contributed by atoms with Gasteiger partial charge in [-0.25, -0.2) is 0 Å². The van der Waals surface area contributed by atoms with Crippen LogP contribution in [0.15, 0.2) is 53.5 Å². The second kappa shape index (κ2) is 6.15. The predicted octanol–water partition coefficient (Wildman–Crippen LogP) is 1.50. The van der Waals surface area contributed by atoms with Gasteiger partial charge in [-0.15, -0.1) is 0 Å². The molecule has 1 fully saturated rings. The maximum atomic E-state index is 12.6. The van der Waals surface area contributed by atoms with Crippen LogP contribution in [-0.4, -0.2) is 47.4 Å². The standard InChI is InChI=1S/C17H19N3O2/c1-19-9-10-20(12-15(19)13-5-3-2-4-6-13)17(22)14-7-8-16(21)18-11-14/h2-8,11,15H,9-10,12H2,1H3,(H,18,21). The predicted molar refractivity (Wildman–Crippen MR) is 84.8 cm³/mol. The van der Waals surface area contributed by atoms with E-state index in [-0.39, 0.29) is 17.5 Å². The number of rotatable bonds is 2. The molecule has 0 radical (unpaired) electrons. The Balaban J connectivity index is 1.79. The molecule has 0 aliphatic carbocycles. The number of carbonyl (C=O) groups excluding carboxylic acids is 1. The zero-order valence-corrected chi connectivity index (χ0v) is 12.5. The van der Waals surface area contributed by atoms with Gasteiger partial charge in [0.25, 0.3) is 5.91 Å². The number of pyridine rings is 1. The van der Waals surface area contributed by atoms with Gasteiger partial charge in [0.2, 0.25) is 5.56 Å². The minimum atomic E-state index is -0.197. The summed E-state index contributed by atoms with van der Waals surface area (Å²) in [5, 5.41) is 0. The van der Waals surface area contributed by atoms with Crippen LogP contribution in [0.4, 0.5) is 0 Å². The average Bonchev–Trinajstić information content (AvgIpc) is 2.56. The van der Waals surface area contributed by atoms with Crippen molar-refractivity contribution in [3.63, 3.8) is 0 Å². The third-order valence-corrected chi connectivity index (χ3v) is 4.15. The number of benzene rings is 1. The Hall–Kier alpha value is -2.40. The highest BCUT2D eigenvalue weighted by Gasteiger charge is 2.28. The molecule has 114 valence electrons. The molecule has 2 aromatic rings. The number of hydrogen-bond acceptors (Lipinski definition) is 3. The van der Waals surface area contributed by atoms with Crippen molar-refractivity contribution in [2.45, 2.75) is 6.04 Å². The van der Waals surface area contributed by atoms with E-state index in [2.05, 4.69) is 29.1 Å². The molecule has 22 heavy (non-hydrogen) atoms. The summed E-state index contributed by atoms with van der Waals surface area (Å²) >= 11 is 0. The molecule has 2 heterocycles. The molecule has 1 aromatic carbocycles. The molecule has 1 aliphatic heterocycles. The van der Waals surface area contributed by atoms with Gasteiger partial charge in [-0.3, -0.25) is 14.5 Å². The van der Waals surface area contributed by atoms with Crippen LogP contribution in [0.3, 0.4) is 0 Å². The first-order valence-electron chi connectivity index (χ1n) is 7.38. The largest absolute Gasteiger partial charge is 0.335 e. The van der Waals surface area contributed by atoms with Crippen LogP contribution in [0, 0.1) is 0 Å². The fourth-order valence-corrected chi connectivity index (χ4v) is 2.82. The van der Waals surface area contributed by atoms with Crippen molar-refractivity contribution in [1.82, 2.24) is 14.8 Å². The monoisotopic (exact) mass is 297 g/mol. The van der Waals surface area contributed by atoms with E-state index in [1.165, 1.54) is 17.8 Å². The Bertz CT molecular complexity index is 691. The SMILES string of the molecule is CN1CCN(C(=O)c2ccc(=O)[nH]c2)CC1c1ccccc1. The lowest BCUT2D eigenvalue weighted by molar-refractivity contribution is 0.0546. The van der Waals surface area contributed by atoms with Crippen LogP contribution in [0.5, 0.6) is 0 Å². The van der Waals surface area contributed by atoms with Gasteiger partial charge in [-0.1, -0.05) is 30.3 Å². The molecular weight excluding hydrogens is 278 g/mol. The topological polar surface area (TPSA) is 56.4 Å². The first kappa shape index (κ1) is 14.5. The van der Waals surface area contributed by atoms with Gasteiger partial charge in [0.05, 0.1) is 11.6 Å². The van der Waals surface area contributed by atoms with Crippen molar-refractivity contribution in [2.75, 3.05) is 26.7 Å². The molecule has 3 rings (SSSR count). The smallest absolute Gasteiger partial charge is 0.255 e. The summed E-state index contributed by atoms with van der Waals surface area (Å²) in [6, 6.07) is 13.4. The van der Waals surface area contributed by atoms with Gasteiger partial charge in [0.15, 0.2) is 0 Å². The highest BCUT2D eigenvalue weighted by molar-refractivity contribution is 5.94. The molecule has 1 N–H and O–H groups in total. The number of carbonyl (C=O) groups is 1. The number of nitrogens with one attached hydrogen (secondary N) is 1. The first-order chi connectivity index (χ1) is 10.6. The molecule has 1 saturated heterocycles. The van der Waals surface area contributed by atoms with Crippen molar-refractivity contribution in [3.8, 4) is 0 Å². The summed E-state index contributed by atoms with van der Waals surface area (Å²) in [6.45, 7) is 2.17. The molecule has 1 unspecified atom stereocenters. The van der Waals surface area contributed by atoms with E-state index in [0.717, 1.165) is 6.54 Å². The van der Waals surface area contributed by atoms with Crippen LogP contribution in [0.25, 0.3) is 0 Å². The zero-order chi connectivity index (χ0) is 15.5. The number of amides is 1. The third kappa shape index (κ3) is 2.94. The minimum absolute atomic E-state index is 0.0368. The fraction of sp³-hybridized carbons (Fsp3) is 0.294. The summed E-state index contributed by atoms with van der Waals surface area (Å²) in [6.07, 6.45) is 1.49. The van der Waals surface area contributed by atoms with Crippen molar-refractivity contribution < 1.29 is 4.79 Å². The molecule has 0 saturated carbocycles. The van der Waals surface area contributed by atoms with Crippen LogP contribution >= 0.6 is 0 Å². The zero-order valence-electron chi connectivity index (χ0n) is 12.5. The van der Waals surface area contributed by atoms with Crippen molar-refractivity contribution in [3.05, 3.63) is 70.1 Å². The van der Waals surface area contributed by atoms with E-state index in [1.807, 2.05) is 23.1 Å². The lowest BCUT2D eigenvalue weighted by atomic mass is 10.0. The molecule has 1 aromatic heterocycles. The molecular formula is C17H19N3O2. The van der Waals surface area contributed by atoms with E-state index in [0.29, 0.717) is 18.7 Å². The maximum absolute atomic E-state index is 12.6. The number of likely N-dealkylation sites (N-methyl/N-ethyl adjacent to an activating group) is 1. The van der Waals surface area contributed by atoms with Gasteiger partial charge in [-0.2, -0.15) is 0 Å². The van der Waals surface area contributed by atoms with E-state index in [4.69, 9.17) is 0 Å².